The lowest BCUT2D eigenvalue weighted by molar-refractivity contribution is 0.411. The van der Waals surface area contributed by atoms with E-state index in [1.54, 1.807) is 6.92 Å². The molecule has 0 unspecified atom stereocenters. The van der Waals surface area contributed by atoms with Gasteiger partial charge in [0, 0.05) is 24.3 Å². The molecule has 0 spiro atoms. The van der Waals surface area contributed by atoms with Gasteiger partial charge in [0.2, 0.25) is 10.0 Å². The predicted octanol–water partition coefficient (Wildman–Crippen LogP) is 2.14. The van der Waals surface area contributed by atoms with Crippen LogP contribution in [-0.2, 0) is 10.0 Å². The number of hydrogen-bond donors (Lipinski definition) is 1. The molecule has 0 saturated heterocycles. The van der Waals surface area contributed by atoms with Gasteiger partial charge in [0.15, 0.2) is 0 Å². The van der Waals surface area contributed by atoms with Crippen LogP contribution in [-0.4, -0.2) is 25.8 Å². The number of nitrogens with zero attached hydrogens (tertiary/aromatic N) is 1. The van der Waals surface area contributed by atoms with Crippen LogP contribution in [0, 0.1) is 18.7 Å². The standard InChI is InChI=1S/C13H19FN2O2S/c1-3-16(8-10-4-5-10)19(17,18)13-7-11(15)6-12(14)9(13)2/h6-7,10H,3-5,8,15H2,1-2H3. The van der Waals surface area contributed by atoms with Gasteiger partial charge in [-0.3, -0.25) is 0 Å². The minimum Gasteiger partial charge on any atom is -0.399 e. The van der Waals surface area contributed by atoms with Crippen LogP contribution in [0.4, 0.5) is 10.1 Å². The summed E-state index contributed by atoms with van der Waals surface area (Å²) in [6.07, 6.45) is 2.13. The summed E-state index contributed by atoms with van der Waals surface area (Å²) in [5.74, 6) is -0.137. The molecule has 6 heteroatoms. The third-order valence-electron chi connectivity index (χ3n) is 3.45. The van der Waals surface area contributed by atoms with Crippen LogP contribution >= 0.6 is 0 Å². The Morgan fingerprint density at radius 3 is 2.58 bits per heavy atom. The smallest absolute Gasteiger partial charge is 0.243 e. The highest BCUT2D eigenvalue weighted by Gasteiger charge is 2.32. The molecule has 0 atom stereocenters. The predicted molar refractivity (Wildman–Crippen MR) is 72.7 cm³/mol. The van der Waals surface area contributed by atoms with E-state index in [-0.39, 0.29) is 16.1 Å². The average Bonchev–Trinajstić information content (AvgIpc) is 3.14. The summed E-state index contributed by atoms with van der Waals surface area (Å²) < 4.78 is 40.2. The van der Waals surface area contributed by atoms with E-state index >= 15 is 0 Å². The summed E-state index contributed by atoms with van der Waals surface area (Å²) in [5.41, 5.74) is 5.81. The van der Waals surface area contributed by atoms with Gasteiger partial charge in [0.05, 0.1) is 4.90 Å². The molecule has 1 aromatic carbocycles. The number of nitrogen functional groups attached to an aromatic ring is 1. The Balaban J connectivity index is 2.42. The Hall–Kier alpha value is -1.14. The first-order valence-electron chi connectivity index (χ1n) is 6.42. The molecule has 0 bridgehead atoms. The maximum atomic E-state index is 13.6. The quantitative estimate of drug-likeness (QED) is 0.843. The molecule has 4 nitrogen and oxygen atoms in total. The summed E-state index contributed by atoms with van der Waals surface area (Å²) in [4.78, 5) is -0.0208. The topological polar surface area (TPSA) is 63.4 Å². The maximum Gasteiger partial charge on any atom is 0.243 e. The van der Waals surface area contributed by atoms with Crippen molar-refractivity contribution in [2.24, 2.45) is 5.92 Å². The fraction of sp³-hybridized carbons (Fsp3) is 0.538. The second kappa shape index (κ2) is 5.09. The third-order valence-corrected chi connectivity index (χ3v) is 5.52. The average molecular weight is 286 g/mol. The normalized spacial score (nSPS) is 16.0. The van der Waals surface area contributed by atoms with Crippen LogP contribution in [0.2, 0.25) is 0 Å². The Morgan fingerprint density at radius 1 is 1.42 bits per heavy atom. The number of benzene rings is 1. The molecular weight excluding hydrogens is 267 g/mol. The van der Waals surface area contributed by atoms with E-state index in [0.717, 1.165) is 18.9 Å². The molecule has 0 radical (unpaired) electrons. The number of hydrogen-bond acceptors (Lipinski definition) is 3. The SMILES string of the molecule is CCN(CC1CC1)S(=O)(=O)c1cc(N)cc(F)c1C. The van der Waals surface area contributed by atoms with Crippen molar-refractivity contribution in [3.05, 3.63) is 23.5 Å². The van der Waals surface area contributed by atoms with Gasteiger partial charge < -0.3 is 5.73 Å². The second-order valence-electron chi connectivity index (χ2n) is 5.02. The van der Waals surface area contributed by atoms with Gasteiger partial charge in [0.1, 0.15) is 5.82 Å². The van der Waals surface area contributed by atoms with E-state index in [1.165, 1.54) is 17.3 Å². The summed E-state index contributed by atoms with van der Waals surface area (Å²) in [5, 5.41) is 0. The minimum absolute atomic E-state index is 0.0208. The van der Waals surface area contributed by atoms with Crippen LogP contribution in [0.15, 0.2) is 17.0 Å². The van der Waals surface area contributed by atoms with E-state index in [4.69, 9.17) is 5.73 Å². The zero-order valence-electron chi connectivity index (χ0n) is 11.2. The molecule has 2 N–H and O–H groups in total. The first-order valence-corrected chi connectivity index (χ1v) is 7.86. The number of nitrogens with two attached hydrogens (primary N) is 1. The van der Waals surface area contributed by atoms with Crippen molar-refractivity contribution >= 4 is 15.7 Å². The molecule has 106 valence electrons. The van der Waals surface area contributed by atoms with Crippen LogP contribution in [0.1, 0.15) is 25.3 Å². The summed E-state index contributed by atoms with van der Waals surface area (Å²) in [7, 11) is -3.67. The molecular formula is C13H19FN2O2S. The van der Waals surface area contributed by atoms with Gasteiger partial charge in [-0.15, -0.1) is 0 Å². The molecule has 2 rings (SSSR count). The monoisotopic (exact) mass is 286 g/mol. The van der Waals surface area contributed by atoms with Crippen LogP contribution < -0.4 is 5.73 Å². The lowest BCUT2D eigenvalue weighted by atomic mass is 10.2. The second-order valence-corrected chi connectivity index (χ2v) is 6.93. The van der Waals surface area contributed by atoms with Gasteiger partial charge in [-0.2, -0.15) is 4.31 Å². The molecule has 1 aliphatic rings. The van der Waals surface area contributed by atoms with Gasteiger partial charge >= 0.3 is 0 Å². The van der Waals surface area contributed by atoms with Crippen LogP contribution in [0.3, 0.4) is 0 Å². The number of halogens is 1. The molecule has 1 aliphatic carbocycles. The van der Waals surface area contributed by atoms with E-state index in [1.807, 2.05) is 0 Å². The number of anilines is 1. The minimum atomic E-state index is -3.67. The molecule has 0 aliphatic heterocycles. The first kappa shape index (κ1) is 14.3. The van der Waals surface area contributed by atoms with Crippen molar-refractivity contribution < 1.29 is 12.8 Å². The van der Waals surface area contributed by atoms with Crippen molar-refractivity contribution in [2.45, 2.75) is 31.6 Å². The Morgan fingerprint density at radius 2 is 2.05 bits per heavy atom. The lowest BCUT2D eigenvalue weighted by Gasteiger charge is -2.21. The number of sulfonamides is 1. The molecule has 1 saturated carbocycles. The Labute approximate surface area is 113 Å². The molecule has 0 aromatic heterocycles. The third kappa shape index (κ3) is 2.90. The zero-order chi connectivity index (χ0) is 14.2. The molecule has 0 amide bonds. The first-order chi connectivity index (χ1) is 8.86. The van der Waals surface area contributed by atoms with Crippen LogP contribution in [0.5, 0.6) is 0 Å². The highest BCUT2D eigenvalue weighted by molar-refractivity contribution is 7.89. The molecule has 1 fully saturated rings. The molecule has 0 heterocycles. The van der Waals surface area contributed by atoms with E-state index in [0.29, 0.717) is 19.0 Å². The molecule has 19 heavy (non-hydrogen) atoms. The van der Waals surface area contributed by atoms with E-state index in [2.05, 4.69) is 0 Å². The van der Waals surface area contributed by atoms with Crippen molar-refractivity contribution in [1.29, 1.82) is 0 Å². The number of rotatable bonds is 5. The van der Waals surface area contributed by atoms with Gasteiger partial charge in [-0.05, 0) is 37.8 Å². The summed E-state index contributed by atoms with van der Waals surface area (Å²) >= 11 is 0. The summed E-state index contributed by atoms with van der Waals surface area (Å²) in [6, 6.07) is 2.48. The zero-order valence-corrected chi connectivity index (χ0v) is 12.0. The van der Waals surface area contributed by atoms with Crippen molar-refractivity contribution in [3.8, 4) is 0 Å². The largest absolute Gasteiger partial charge is 0.399 e. The van der Waals surface area contributed by atoms with Crippen molar-refractivity contribution in [1.82, 2.24) is 4.31 Å². The Kier molecular flexibility index (Phi) is 3.82. The highest BCUT2D eigenvalue weighted by Crippen LogP contribution is 2.32. The Bertz CT molecular complexity index is 583. The summed E-state index contributed by atoms with van der Waals surface area (Å²) in [6.45, 7) is 4.15. The van der Waals surface area contributed by atoms with E-state index in [9.17, 15) is 12.8 Å². The maximum absolute atomic E-state index is 13.6. The molecule has 1 aromatic rings. The van der Waals surface area contributed by atoms with Gasteiger partial charge in [0.25, 0.3) is 0 Å². The fourth-order valence-electron chi connectivity index (χ4n) is 2.07. The lowest BCUT2D eigenvalue weighted by Crippen LogP contribution is -2.33. The van der Waals surface area contributed by atoms with E-state index < -0.39 is 15.8 Å². The van der Waals surface area contributed by atoms with Gasteiger partial charge in [-0.1, -0.05) is 6.92 Å². The van der Waals surface area contributed by atoms with Gasteiger partial charge in [-0.25, -0.2) is 12.8 Å². The highest BCUT2D eigenvalue weighted by atomic mass is 32.2. The van der Waals surface area contributed by atoms with Crippen molar-refractivity contribution in [3.63, 3.8) is 0 Å². The fourth-order valence-corrected chi connectivity index (χ4v) is 3.86. The van der Waals surface area contributed by atoms with Crippen LogP contribution in [0.25, 0.3) is 0 Å². The van der Waals surface area contributed by atoms with Crippen molar-refractivity contribution in [2.75, 3.05) is 18.8 Å².